The molecule has 0 saturated carbocycles. The highest BCUT2D eigenvalue weighted by Gasteiger charge is 2.52. The molecular formula is C15H14O3S. The fourth-order valence-electron chi connectivity index (χ4n) is 2.54. The summed E-state index contributed by atoms with van der Waals surface area (Å²) >= 11 is 0. The minimum absolute atomic E-state index is 0.0524. The third kappa shape index (κ3) is 1.79. The summed E-state index contributed by atoms with van der Waals surface area (Å²) in [4.78, 5) is -1.35. The molecule has 0 amide bonds. The van der Waals surface area contributed by atoms with Gasteiger partial charge in [0.1, 0.15) is 0 Å². The van der Waals surface area contributed by atoms with Crippen LogP contribution in [0.5, 0.6) is 0 Å². The Morgan fingerprint density at radius 1 is 0.842 bits per heavy atom. The van der Waals surface area contributed by atoms with Gasteiger partial charge in [0, 0.05) is 11.1 Å². The summed E-state index contributed by atoms with van der Waals surface area (Å²) in [6, 6.07) is 18.3. The second-order valence-corrected chi connectivity index (χ2v) is 6.73. The second kappa shape index (κ2) is 4.47. The van der Waals surface area contributed by atoms with Gasteiger partial charge in [-0.2, -0.15) is 0 Å². The van der Waals surface area contributed by atoms with E-state index in [2.05, 4.69) is 0 Å². The van der Waals surface area contributed by atoms with E-state index in [4.69, 9.17) is 4.74 Å². The van der Waals surface area contributed by atoms with Crippen LogP contribution < -0.4 is 0 Å². The third-order valence-corrected chi connectivity index (χ3v) is 5.57. The van der Waals surface area contributed by atoms with Gasteiger partial charge in [0.2, 0.25) is 4.93 Å². The van der Waals surface area contributed by atoms with Crippen molar-refractivity contribution in [2.75, 3.05) is 12.4 Å². The number of hydrogen-bond acceptors (Lipinski definition) is 3. The molecule has 0 spiro atoms. The Kier molecular flexibility index (Phi) is 2.92. The normalized spacial score (nSPS) is 20.2. The topological polar surface area (TPSA) is 43.4 Å². The minimum Gasteiger partial charge on any atom is -0.350 e. The first kappa shape index (κ1) is 12.4. The van der Waals surface area contributed by atoms with Crippen LogP contribution in [0.1, 0.15) is 11.1 Å². The van der Waals surface area contributed by atoms with E-state index >= 15 is 0 Å². The molecule has 0 atom stereocenters. The van der Waals surface area contributed by atoms with Gasteiger partial charge in [0.05, 0.1) is 12.4 Å². The summed E-state index contributed by atoms with van der Waals surface area (Å²) < 4.78 is 30.9. The Labute approximate surface area is 112 Å². The zero-order chi connectivity index (χ0) is 13.3. The summed E-state index contributed by atoms with van der Waals surface area (Å²) in [5.74, 6) is 0.0524. The maximum absolute atomic E-state index is 12.6. The Bertz CT molecular complexity index is 624. The van der Waals surface area contributed by atoms with E-state index in [-0.39, 0.29) is 12.4 Å². The molecule has 0 N–H and O–H groups in total. The molecule has 1 heterocycles. The van der Waals surface area contributed by atoms with Gasteiger partial charge in [-0.15, -0.1) is 0 Å². The lowest BCUT2D eigenvalue weighted by molar-refractivity contribution is 0.0761. The van der Waals surface area contributed by atoms with E-state index in [1.54, 1.807) is 24.3 Å². The molecule has 2 aromatic carbocycles. The smallest absolute Gasteiger partial charge is 0.220 e. The van der Waals surface area contributed by atoms with Crippen molar-refractivity contribution < 1.29 is 13.2 Å². The van der Waals surface area contributed by atoms with E-state index in [1.165, 1.54) is 0 Å². The zero-order valence-electron chi connectivity index (χ0n) is 10.3. The van der Waals surface area contributed by atoms with Crippen LogP contribution in [-0.2, 0) is 19.5 Å². The summed E-state index contributed by atoms with van der Waals surface area (Å²) in [6.45, 7) is 0.228. The lowest BCUT2D eigenvalue weighted by atomic mass is 10.0. The molecule has 0 radical (unpaired) electrons. The highest BCUT2D eigenvalue weighted by molar-refractivity contribution is 7.92. The van der Waals surface area contributed by atoms with E-state index in [0.29, 0.717) is 11.1 Å². The number of hydrogen-bond donors (Lipinski definition) is 0. The van der Waals surface area contributed by atoms with Crippen LogP contribution in [-0.4, -0.2) is 20.8 Å². The minimum atomic E-state index is -3.38. The van der Waals surface area contributed by atoms with Crippen molar-refractivity contribution in [2.24, 2.45) is 0 Å². The molecule has 1 fully saturated rings. The maximum Gasteiger partial charge on any atom is 0.220 e. The van der Waals surface area contributed by atoms with Gasteiger partial charge < -0.3 is 4.74 Å². The van der Waals surface area contributed by atoms with Crippen LogP contribution in [0.4, 0.5) is 0 Å². The summed E-state index contributed by atoms with van der Waals surface area (Å²) in [5, 5.41) is 0. The zero-order valence-corrected chi connectivity index (χ0v) is 11.1. The van der Waals surface area contributed by atoms with Crippen LogP contribution >= 0.6 is 0 Å². The van der Waals surface area contributed by atoms with Crippen molar-refractivity contribution >= 4 is 9.84 Å². The highest BCUT2D eigenvalue weighted by Crippen LogP contribution is 2.42. The molecule has 19 heavy (non-hydrogen) atoms. The first-order chi connectivity index (χ1) is 9.17. The van der Waals surface area contributed by atoms with E-state index in [9.17, 15) is 8.42 Å². The molecule has 1 aliphatic rings. The van der Waals surface area contributed by atoms with Gasteiger partial charge in [0.15, 0.2) is 9.84 Å². The third-order valence-electron chi connectivity index (χ3n) is 3.40. The second-order valence-electron chi connectivity index (χ2n) is 4.52. The number of benzene rings is 2. The predicted molar refractivity (Wildman–Crippen MR) is 73.4 cm³/mol. The molecule has 0 unspecified atom stereocenters. The molecule has 2 aromatic rings. The molecule has 0 bridgehead atoms. The summed E-state index contributed by atoms with van der Waals surface area (Å²) in [6.07, 6.45) is 0. The summed E-state index contributed by atoms with van der Waals surface area (Å²) in [7, 11) is -3.38. The van der Waals surface area contributed by atoms with Crippen molar-refractivity contribution in [2.45, 2.75) is 4.93 Å². The first-order valence-corrected chi connectivity index (χ1v) is 7.79. The van der Waals surface area contributed by atoms with Gasteiger partial charge in [-0.1, -0.05) is 60.7 Å². The number of rotatable bonds is 2. The maximum atomic E-state index is 12.6. The standard InChI is InChI=1S/C15H14O3S/c16-19(17)12-11-18-15(19,13-7-3-1-4-8-13)14-9-5-2-6-10-14/h1-10H,11-12H2. The average Bonchev–Trinajstić information content (AvgIpc) is 2.77. The lowest BCUT2D eigenvalue weighted by Crippen LogP contribution is -2.34. The lowest BCUT2D eigenvalue weighted by Gasteiger charge is -2.28. The quantitative estimate of drug-likeness (QED) is 0.844. The van der Waals surface area contributed by atoms with Crippen LogP contribution in [0.3, 0.4) is 0 Å². The molecule has 4 heteroatoms. The molecule has 3 rings (SSSR count). The monoisotopic (exact) mass is 274 g/mol. The van der Waals surface area contributed by atoms with Crippen LogP contribution in [0.25, 0.3) is 0 Å². The summed E-state index contributed by atoms with van der Waals surface area (Å²) in [5.41, 5.74) is 1.33. The fourth-order valence-corrected chi connectivity index (χ4v) is 4.38. The fraction of sp³-hybridized carbons (Fsp3) is 0.200. The van der Waals surface area contributed by atoms with Gasteiger partial charge in [0.25, 0.3) is 0 Å². The van der Waals surface area contributed by atoms with Crippen molar-refractivity contribution in [3.8, 4) is 0 Å². The Morgan fingerprint density at radius 3 is 1.68 bits per heavy atom. The molecule has 1 aliphatic heterocycles. The SMILES string of the molecule is O=S1(=O)CCOC1(c1ccccc1)c1ccccc1. The average molecular weight is 274 g/mol. The number of sulfone groups is 1. The Hall–Kier alpha value is -1.65. The number of ether oxygens (including phenoxy) is 1. The molecular weight excluding hydrogens is 260 g/mol. The van der Waals surface area contributed by atoms with E-state index < -0.39 is 14.8 Å². The van der Waals surface area contributed by atoms with E-state index in [0.717, 1.165) is 0 Å². The van der Waals surface area contributed by atoms with Gasteiger partial charge in [-0.3, -0.25) is 0 Å². The molecule has 1 saturated heterocycles. The van der Waals surface area contributed by atoms with E-state index in [1.807, 2.05) is 36.4 Å². The Morgan fingerprint density at radius 2 is 1.32 bits per heavy atom. The van der Waals surface area contributed by atoms with Crippen LogP contribution in [0, 0.1) is 0 Å². The van der Waals surface area contributed by atoms with Crippen molar-refractivity contribution in [3.05, 3.63) is 71.8 Å². The highest BCUT2D eigenvalue weighted by atomic mass is 32.2. The van der Waals surface area contributed by atoms with Crippen molar-refractivity contribution in [3.63, 3.8) is 0 Å². The first-order valence-electron chi connectivity index (χ1n) is 6.14. The predicted octanol–water partition coefficient (Wildman–Crippen LogP) is 2.33. The largest absolute Gasteiger partial charge is 0.350 e. The Balaban J connectivity index is 2.30. The molecule has 98 valence electrons. The van der Waals surface area contributed by atoms with Gasteiger partial charge >= 0.3 is 0 Å². The molecule has 0 aromatic heterocycles. The van der Waals surface area contributed by atoms with Crippen LogP contribution in [0.2, 0.25) is 0 Å². The van der Waals surface area contributed by atoms with Crippen molar-refractivity contribution in [1.29, 1.82) is 0 Å². The van der Waals surface area contributed by atoms with Crippen molar-refractivity contribution in [1.82, 2.24) is 0 Å². The van der Waals surface area contributed by atoms with Gasteiger partial charge in [-0.25, -0.2) is 8.42 Å². The molecule has 3 nitrogen and oxygen atoms in total. The molecule has 0 aliphatic carbocycles. The van der Waals surface area contributed by atoms with Crippen LogP contribution in [0.15, 0.2) is 60.7 Å². The van der Waals surface area contributed by atoms with Gasteiger partial charge in [-0.05, 0) is 0 Å².